The van der Waals surface area contributed by atoms with E-state index in [-0.39, 0.29) is 0 Å². The van der Waals surface area contributed by atoms with Crippen LogP contribution in [-0.4, -0.2) is 14.5 Å². The summed E-state index contributed by atoms with van der Waals surface area (Å²) < 4.78 is 2.33. The SMILES string of the molecule is c1ccc2c(-c3nc4ccccc4nc3-n3c4ccccc4c4c5ccc6ccc7ccccc7c6c5ccc43)cccc2c1. The highest BCUT2D eigenvalue weighted by molar-refractivity contribution is 6.29. The van der Waals surface area contributed by atoms with E-state index in [4.69, 9.17) is 9.97 Å². The normalized spacial score (nSPS) is 12.0. The van der Waals surface area contributed by atoms with Crippen molar-refractivity contribution in [1.82, 2.24) is 14.5 Å². The van der Waals surface area contributed by atoms with Crippen molar-refractivity contribution in [1.29, 1.82) is 0 Å². The maximum absolute atomic E-state index is 5.37. The van der Waals surface area contributed by atoms with Crippen LogP contribution in [0.4, 0.5) is 0 Å². The van der Waals surface area contributed by atoms with Gasteiger partial charge in [-0.3, -0.25) is 4.57 Å². The highest BCUT2D eigenvalue weighted by Crippen LogP contribution is 2.42. The smallest absolute Gasteiger partial charge is 0.165 e. The lowest BCUT2D eigenvalue weighted by Gasteiger charge is -2.15. The molecule has 208 valence electrons. The molecule has 2 heterocycles. The van der Waals surface area contributed by atoms with Crippen LogP contribution in [0.5, 0.6) is 0 Å². The Bertz CT molecular complexity index is 2820. The minimum Gasteiger partial charge on any atom is -0.292 e. The van der Waals surface area contributed by atoms with Crippen molar-refractivity contribution in [2.24, 2.45) is 0 Å². The van der Waals surface area contributed by atoms with E-state index >= 15 is 0 Å². The summed E-state index contributed by atoms with van der Waals surface area (Å²) in [6.45, 7) is 0. The summed E-state index contributed by atoms with van der Waals surface area (Å²) in [6.07, 6.45) is 0. The van der Waals surface area contributed by atoms with Crippen molar-refractivity contribution >= 4 is 75.9 Å². The molecule has 3 nitrogen and oxygen atoms in total. The van der Waals surface area contributed by atoms with Crippen LogP contribution in [0.3, 0.4) is 0 Å². The van der Waals surface area contributed by atoms with Gasteiger partial charge in [0.1, 0.15) is 5.69 Å². The molecule has 10 aromatic rings. The molecule has 0 atom stereocenters. The van der Waals surface area contributed by atoms with Crippen LogP contribution >= 0.6 is 0 Å². The quantitative estimate of drug-likeness (QED) is 0.193. The zero-order valence-electron chi connectivity index (χ0n) is 24.3. The van der Waals surface area contributed by atoms with Crippen LogP contribution in [0.2, 0.25) is 0 Å². The Morgan fingerprint density at radius 1 is 0.356 bits per heavy atom. The molecule has 2 aromatic heterocycles. The second-order valence-corrected chi connectivity index (χ2v) is 11.8. The van der Waals surface area contributed by atoms with Gasteiger partial charge in [-0.15, -0.1) is 0 Å². The summed E-state index contributed by atoms with van der Waals surface area (Å²) in [7, 11) is 0. The molecule has 10 rings (SSSR count). The minimum absolute atomic E-state index is 0.835. The van der Waals surface area contributed by atoms with E-state index in [0.29, 0.717) is 0 Å². The fourth-order valence-corrected chi connectivity index (χ4v) is 7.37. The first kappa shape index (κ1) is 24.4. The topological polar surface area (TPSA) is 30.7 Å². The fraction of sp³-hybridized carbons (Fsp3) is 0. The zero-order chi connectivity index (χ0) is 29.5. The lowest BCUT2D eigenvalue weighted by molar-refractivity contribution is 1.08. The maximum atomic E-state index is 5.37. The summed E-state index contributed by atoms with van der Waals surface area (Å²) >= 11 is 0. The molecular formula is C42H25N3. The van der Waals surface area contributed by atoms with Gasteiger partial charge in [0.25, 0.3) is 0 Å². The summed E-state index contributed by atoms with van der Waals surface area (Å²) in [5, 5.41) is 12.4. The van der Waals surface area contributed by atoms with E-state index in [2.05, 4.69) is 144 Å². The van der Waals surface area contributed by atoms with E-state index in [1.54, 1.807) is 0 Å². The summed E-state index contributed by atoms with van der Waals surface area (Å²) in [6, 6.07) is 54.2. The van der Waals surface area contributed by atoms with Gasteiger partial charge in [-0.05, 0) is 67.4 Å². The predicted octanol–water partition coefficient (Wildman–Crippen LogP) is 11.0. The fourth-order valence-electron chi connectivity index (χ4n) is 7.37. The molecule has 0 amide bonds. The number of fused-ring (bicyclic) bond motifs is 11. The largest absolute Gasteiger partial charge is 0.292 e. The second kappa shape index (κ2) is 9.22. The van der Waals surface area contributed by atoms with E-state index in [1.807, 2.05) is 12.1 Å². The highest BCUT2D eigenvalue weighted by Gasteiger charge is 2.21. The number of hydrogen-bond donors (Lipinski definition) is 0. The molecule has 0 aliphatic carbocycles. The van der Waals surface area contributed by atoms with E-state index in [0.717, 1.165) is 44.5 Å². The van der Waals surface area contributed by atoms with E-state index in [1.165, 1.54) is 48.5 Å². The van der Waals surface area contributed by atoms with E-state index in [9.17, 15) is 0 Å². The van der Waals surface area contributed by atoms with Gasteiger partial charge < -0.3 is 0 Å². The van der Waals surface area contributed by atoms with Gasteiger partial charge in [0.15, 0.2) is 5.82 Å². The van der Waals surface area contributed by atoms with Crippen LogP contribution in [0.15, 0.2) is 152 Å². The Kier molecular flexibility index (Phi) is 5.00. The average molecular weight is 572 g/mol. The molecule has 0 bridgehead atoms. The predicted molar refractivity (Wildman–Crippen MR) is 189 cm³/mol. The minimum atomic E-state index is 0.835. The van der Waals surface area contributed by atoms with Crippen molar-refractivity contribution in [3.8, 4) is 17.1 Å². The van der Waals surface area contributed by atoms with Crippen LogP contribution in [0.25, 0.3) is 93.0 Å². The number of nitrogens with zero attached hydrogens (tertiary/aromatic N) is 3. The van der Waals surface area contributed by atoms with E-state index < -0.39 is 0 Å². The van der Waals surface area contributed by atoms with Gasteiger partial charge in [0, 0.05) is 16.3 Å². The Morgan fingerprint density at radius 2 is 0.956 bits per heavy atom. The number of para-hydroxylation sites is 3. The van der Waals surface area contributed by atoms with Crippen LogP contribution in [0, 0.1) is 0 Å². The zero-order valence-corrected chi connectivity index (χ0v) is 24.3. The first-order valence-corrected chi connectivity index (χ1v) is 15.4. The molecular weight excluding hydrogens is 546 g/mol. The standard InChI is InChI=1S/C42H25N3/c1-3-13-29-26(10-1)12-9-16-33(29)41-42(44-36-18-7-6-17-35(36)43-41)45-37-19-8-5-15-34(37)40-32-23-22-28-21-20-27-11-2-4-14-30(27)39(28)31(32)24-25-38(40)45/h1-25H. The molecule has 0 aliphatic heterocycles. The van der Waals surface area contributed by atoms with Gasteiger partial charge in [-0.25, -0.2) is 9.97 Å². The van der Waals surface area contributed by atoms with Gasteiger partial charge in [-0.1, -0.05) is 127 Å². The average Bonchev–Trinajstić information content (AvgIpc) is 3.45. The van der Waals surface area contributed by atoms with Gasteiger partial charge in [0.05, 0.1) is 22.1 Å². The third-order valence-electron chi connectivity index (χ3n) is 9.35. The number of hydrogen-bond acceptors (Lipinski definition) is 2. The molecule has 0 saturated carbocycles. The molecule has 0 fully saturated rings. The van der Waals surface area contributed by atoms with Crippen molar-refractivity contribution < 1.29 is 0 Å². The summed E-state index contributed by atoms with van der Waals surface area (Å²) in [5.74, 6) is 0.835. The Balaban J connectivity index is 1.38. The van der Waals surface area contributed by atoms with Gasteiger partial charge in [0.2, 0.25) is 0 Å². The van der Waals surface area contributed by atoms with Gasteiger partial charge in [-0.2, -0.15) is 0 Å². The Hall–Kier alpha value is -6.06. The first-order chi connectivity index (χ1) is 22.3. The Labute approximate surface area is 258 Å². The molecule has 0 aliphatic rings. The van der Waals surface area contributed by atoms with Gasteiger partial charge >= 0.3 is 0 Å². The lowest BCUT2D eigenvalue weighted by atomic mass is 9.94. The molecule has 45 heavy (non-hydrogen) atoms. The van der Waals surface area contributed by atoms with Crippen LogP contribution in [0.1, 0.15) is 0 Å². The molecule has 0 spiro atoms. The van der Waals surface area contributed by atoms with Crippen molar-refractivity contribution in [2.75, 3.05) is 0 Å². The highest BCUT2D eigenvalue weighted by atomic mass is 15.1. The number of benzene rings is 8. The number of aromatic nitrogens is 3. The van der Waals surface area contributed by atoms with Crippen molar-refractivity contribution in [3.63, 3.8) is 0 Å². The summed E-state index contributed by atoms with van der Waals surface area (Å²) in [4.78, 5) is 10.7. The Morgan fingerprint density at radius 3 is 1.82 bits per heavy atom. The molecule has 3 heteroatoms. The monoisotopic (exact) mass is 571 g/mol. The maximum Gasteiger partial charge on any atom is 0.165 e. The first-order valence-electron chi connectivity index (χ1n) is 15.4. The third-order valence-corrected chi connectivity index (χ3v) is 9.35. The third kappa shape index (κ3) is 3.46. The molecule has 0 saturated heterocycles. The molecule has 0 N–H and O–H groups in total. The second-order valence-electron chi connectivity index (χ2n) is 11.8. The molecule has 8 aromatic carbocycles. The molecule has 0 unspecified atom stereocenters. The van der Waals surface area contributed by atoms with Crippen LogP contribution in [-0.2, 0) is 0 Å². The summed E-state index contributed by atoms with van der Waals surface area (Å²) in [5.41, 5.74) is 5.94. The lowest BCUT2D eigenvalue weighted by Crippen LogP contribution is -2.04. The van der Waals surface area contributed by atoms with Crippen LogP contribution < -0.4 is 0 Å². The number of rotatable bonds is 2. The molecule has 0 radical (unpaired) electrons. The van der Waals surface area contributed by atoms with Crippen molar-refractivity contribution in [2.45, 2.75) is 0 Å². The van der Waals surface area contributed by atoms with Crippen molar-refractivity contribution in [3.05, 3.63) is 152 Å².